The molecule has 0 aliphatic carbocycles. The Balaban J connectivity index is 1.16. The zero-order valence-corrected chi connectivity index (χ0v) is 26.8. The summed E-state index contributed by atoms with van der Waals surface area (Å²) < 4.78 is 21.2. The minimum Gasteiger partial charge on any atom is -0.379 e. The summed E-state index contributed by atoms with van der Waals surface area (Å²) in [5, 5.41) is 6.06. The normalized spacial score (nSPS) is 17.3. The number of hydrogen-bond acceptors (Lipinski definition) is 6. The lowest BCUT2D eigenvalue weighted by atomic mass is 10.0. The van der Waals surface area contributed by atoms with Gasteiger partial charge in [-0.25, -0.2) is 0 Å². The van der Waals surface area contributed by atoms with E-state index < -0.39 is 0 Å². The Morgan fingerprint density at radius 1 is 0.476 bits per heavy atom. The summed E-state index contributed by atoms with van der Waals surface area (Å²) >= 11 is 0. The summed E-state index contributed by atoms with van der Waals surface area (Å²) in [6.45, 7) is 6.17. The minimum absolute atomic E-state index is 0.200. The molecule has 0 bridgehead atoms. The van der Waals surface area contributed by atoms with Gasteiger partial charge >= 0.3 is 0 Å². The molecule has 42 heavy (non-hydrogen) atoms. The lowest BCUT2D eigenvalue weighted by molar-refractivity contribution is -0.122. The molecular formula is C34H64N2O6. The lowest BCUT2D eigenvalue weighted by Crippen LogP contribution is -2.24. The molecule has 2 heterocycles. The first-order valence-electron chi connectivity index (χ1n) is 17.7. The topological polar surface area (TPSA) is 102 Å². The number of amides is 2. The third-order valence-corrected chi connectivity index (χ3v) is 8.05. The second kappa shape index (κ2) is 27.3. The molecule has 2 unspecified atom stereocenters. The number of carbonyl (C=O) groups excluding carboxylic acids is 2. The van der Waals surface area contributed by atoms with Crippen LogP contribution in [0.2, 0.25) is 0 Å². The molecule has 2 rings (SSSR count). The average Bonchev–Trinajstić information content (AvgIpc) is 3.92. The minimum atomic E-state index is 0.200. The Labute approximate surface area is 257 Å². The van der Waals surface area contributed by atoms with Crippen molar-refractivity contribution >= 4 is 11.8 Å². The molecule has 246 valence electrons. The van der Waals surface area contributed by atoms with Gasteiger partial charge in [0.05, 0.1) is 26.4 Å². The Hall–Kier alpha value is -1.22. The molecule has 2 aliphatic heterocycles. The predicted molar refractivity (Wildman–Crippen MR) is 169 cm³/mol. The third-order valence-electron chi connectivity index (χ3n) is 8.05. The first-order valence-corrected chi connectivity index (χ1v) is 17.7. The Bertz CT molecular complexity index is 588. The van der Waals surface area contributed by atoms with Crippen molar-refractivity contribution in [3.05, 3.63) is 0 Å². The summed E-state index contributed by atoms with van der Waals surface area (Å²) in [5.41, 5.74) is 0. The Morgan fingerprint density at radius 2 is 0.786 bits per heavy atom. The number of nitrogens with one attached hydrogen (secondary N) is 2. The van der Waals surface area contributed by atoms with Crippen LogP contribution in [-0.2, 0) is 28.5 Å². The monoisotopic (exact) mass is 596 g/mol. The van der Waals surface area contributed by atoms with E-state index in [0.717, 1.165) is 78.0 Å². The fourth-order valence-corrected chi connectivity index (χ4v) is 5.09. The molecular weight excluding hydrogens is 532 g/mol. The van der Waals surface area contributed by atoms with Crippen LogP contribution in [0, 0.1) is 0 Å². The van der Waals surface area contributed by atoms with Crippen LogP contribution in [0.4, 0.5) is 0 Å². The number of unbranched alkanes of at least 4 members (excludes halogenated alkanes) is 17. The second-order valence-corrected chi connectivity index (χ2v) is 12.3. The Kier molecular flexibility index (Phi) is 24.1. The van der Waals surface area contributed by atoms with Crippen LogP contribution in [0.15, 0.2) is 0 Å². The standard InChI is InChI=1S/C34H64N2O6/c37-33(35-23-17-19-25-39-27-31-29-41-31)21-15-13-11-9-7-5-3-1-2-4-6-8-10-12-14-16-22-34(38)36-24-18-20-26-40-28-32-30-42-32/h31-32H,1-30H2,(H,35,37)(H,36,38). The van der Waals surface area contributed by atoms with Gasteiger partial charge in [0.25, 0.3) is 0 Å². The van der Waals surface area contributed by atoms with Crippen molar-refractivity contribution < 1.29 is 28.5 Å². The molecule has 0 aromatic heterocycles. The van der Waals surface area contributed by atoms with Crippen molar-refractivity contribution in [3.8, 4) is 0 Å². The van der Waals surface area contributed by atoms with Crippen LogP contribution in [0.3, 0.4) is 0 Å². The molecule has 0 aromatic rings. The van der Waals surface area contributed by atoms with E-state index in [0.29, 0.717) is 38.3 Å². The summed E-state index contributed by atoms with van der Waals surface area (Å²) in [6, 6.07) is 0. The SMILES string of the molecule is O=C(CCCCCCCCCCCCCCCCCCC(=O)NCCCCOCC1CO1)NCCCCOCC1CO1. The molecule has 0 spiro atoms. The van der Waals surface area contributed by atoms with Crippen LogP contribution in [0.1, 0.15) is 141 Å². The van der Waals surface area contributed by atoms with Gasteiger partial charge in [-0.1, -0.05) is 89.9 Å². The number of carbonyl (C=O) groups is 2. The van der Waals surface area contributed by atoms with E-state index in [1.807, 2.05) is 0 Å². The van der Waals surface area contributed by atoms with Crippen LogP contribution in [0.25, 0.3) is 0 Å². The molecule has 2 N–H and O–H groups in total. The number of ether oxygens (including phenoxy) is 4. The Morgan fingerprint density at radius 3 is 1.10 bits per heavy atom. The van der Waals surface area contributed by atoms with E-state index in [-0.39, 0.29) is 11.8 Å². The van der Waals surface area contributed by atoms with Gasteiger partial charge in [0.2, 0.25) is 11.8 Å². The zero-order valence-electron chi connectivity index (χ0n) is 26.8. The largest absolute Gasteiger partial charge is 0.379 e. The predicted octanol–water partition coefficient (Wildman–Crippen LogP) is 6.63. The summed E-state index contributed by atoms with van der Waals surface area (Å²) in [5.74, 6) is 0.400. The highest BCUT2D eigenvalue weighted by Crippen LogP contribution is 2.15. The van der Waals surface area contributed by atoms with E-state index in [1.54, 1.807) is 0 Å². The number of epoxide rings is 2. The van der Waals surface area contributed by atoms with Crippen molar-refractivity contribution in [1.82, 2.24) is 10.6 Å². The van der Waals surface area contributed by atoms with Gasteiger partial charge < -0.3 is 29.6 Å². The maximum absolute atomic E-state index is 11.9. The summed E-state index contributed by atoms with van der Waals surface area (Å²) in [7, 11) is 0. The van der Waals surface area contributed by atoms with Crippen LogP contribution in [0.5, 0.6) is 0 Å². The molecule has 2 amide bonds. The first-order chi connectivity index (χ1) is 20.7. The van der Waals surface area contributed by atoms with E-state index in [4.69, 9.17) is 18.9 Å². The van der Waals surface area contributed by atoms with Gasteiger partial charge in [-0.15, -0.1) is 0 Å². The highest BCUT2D eigenvalue weighted by Gasteiger charge is 2.22. The van der Waals surface area contributed by atoms with E-state index in [9.17, 15) is 9.59 Å². The molecule has 2 aliphatic rings. The van der Waals surface area contributed by atoms with Crippen molar-refractivity contribution in [2.75, 3.05) is 52.7 Å². The number of rotatable bonds is 33. The zero-order chi connectivity index (χ0) is 29.8. The molecule has 8 heteroatoms. The molecule has 8 nitrogen and oxygen atoms in total. The van der Waals surface area contributed by atoms with Gasteiger partial charge in [0.1, 0.15) is 12.2 Å². The first kappa shape index (κ1) is 37.0. The van der Waals surface area contributed by atoms with E-state index in [1.165, 1.54) is 89.9 Å². The fourth-order valence-electron chi connectivity index (χ4n) is 5.09. The van der Waals surface area contributed by atoms with Crippen molar-refractivity contribution in [1.29, 1.82) is 0 Å². The van der Waals surface area contributed by atoms with Gasteiger partial charge in [-0.2, -0.15) is 0 Å². The van der Waals surface area contributed by atoms with Gasteiger partial charge in [0.15, 0.2) is 0 Å². The molecule has 2 atom stereocenters. The maximum Gasteiger partial charge on any atom is 0.219 e. The smallest absolute Gasteiger partial charge is 0.219 e. The molecule has 2 fully saturated rings. The van der Waals surface area contributed by atoms with Crippen molar-refractivity contribution in [2.45, 2.75) is 153 Å². The van der Waals surface area contributed by atoms with Crippen LogP contribution in [-0.4, -0.2) is 76.8 Å². The molecule has 0 aromatic carbocycles. The highest BCUT2D eigenvalue weighted by molar-refractivity contribution is 5.76. The van der Waals surface area contributed by atoms with Gasteiger partial charge in [0, 0.05) is 39.1 Å². The van der Waals surface area contributed by atoms with Gasteiger partial charge in [-0.05, 0) is 38.5 Å². The molecule has 0 saturated carbocycles. The molecule has 0 radical (unpaired) electrons. The quantitative estimate of drug-likeness (QED) is 0.0651. The van der Waals surface area contributed by atoms with Crippen molar-refractivity contribution in [2.24, 2.45) is 0 Å². The van der Waals surface area contributed by atoms with Crippen LogP contribution >= 0.6 is 0 Å². The second-order valence-electron chi connectivity index (χ2n) is 12.3. The van der Waals surface area contributed by atoms with Gasteiger partial charge in [-0.3, -0.25) is 9.59 Å². The summed E-state index contributed by atoms with van der Waals surface area (Å²) in [6.07, 6.45) is 26.3. The third kappa shape index (κ3) is 26.4. The van der Waals surface area contributed by atoms with Crippen LogP contribution < -0.4 is 10.6 Å². The summed E-state index contributed by atoms with van der Waals surface area (Å²) in [4.78, 5) is 23.8. The van der Waals surface area contributed by atoms with Crippen molar-refractivity contribution in [3.63, 3.8) is 0 Å². The molecule has 2 saturated heterocycles. The average molecular weight is 597 g/mol. The lowest BCUT2D eigenvalue weighted by Gasteiger charge is -2.06. The number of hydrogen-bond donors (Lipinski definition) is 2. The highest BCUT2D eigenvalue weighted by atomic mass is 16.6. The van der Waals surface area contributed by atoms with E-state index >= 15 is 0 Å². The fraction of sp³-hybridized carbons (Fsp3) is 0.941. The maximum atomic E-state index is 11.9. The van der Waals surface area contributed by atoms with E-state index in [2.05, 4.69) is 10.6 Å².